The first-order chi connectivity index (χ1) is 9.02. The third kappa shape index (κ3) is 3.11. The average molecular weight is 270 g/mol. The molecule has 0 bridgehead atoms. The van der Waals surface area contributed by atoms with Gasteiger partial charge < -0.3 is 15.2 Å². The molecule has 0 aliphatic heterocycles. The van der Waals surface area contributed by atoms with Crippen molar-refractivity contribution in [3.8, 4) is 5.75 Å². The minimum Gasteiger partial charge on any atom is -0.490 e. The molecule has 1 aliphatic carbocycles. The number of nitro groups is 1. The van der Waals surface area contributed by atoms with Gasteiger partial charge in [0, 0.05) is 12.6 Å². The maximum Gasteiger partial charge on any atom is 0.313 e. The second-order valence-electron chi connectivity index (χ2n) is 4.55. The van der Waals surface area contributed by atoms with Gasteiger partial charge >= 0.3 is 5.69 Å². The summed E-state index contributed by atoms with van der Waals surface area (Å²) in [6.45, 7) is 0.211. The average Bonchev–Trinajstić information content (AvgIpc) is 3.20. The summed E-state index contributed by atoms with van der Waals surface area (Å²) in [5, 5.41) is 23.1. The van der Waals surface area contributed by atoms with Crippen LogP contribution in [0.2, 0.25) is 0 Å². The standard InChI is InChI=1S/C12H15FN2O4/c1-19-12-5-9(8(13)4-10(12)15(17)18)14-6-11(16)7-2-3-7/h4-5,7,11,14,16H,2-3,6H2,1H3. The molecule has 1 fully saturated rings. The van der Waals surface area contributed by atoms with Gasteiger partial charge in [-0.1, -0.05) is 0 Å². The topological polar surface area (TPSA) is 84.6 Å². The lowest BCUT2D eigenvalue weighted by molar-refractivity contribution is -0.385. The Morgan fingerprint density at radius 2 is 2.32 bits per heavy atom. The summed E-state index contributed by atoms with van der Waals surface area (Å²) in [6.07, 6.45) is 1.43. The fourth-order valence-corrected chi connectivity index (χ4v) is 1.85. The van der Waals surface area contributed by atoms with Crippen LogP contribution in [0.15, 0.2) is 12.1 Å². The molecule has 0 amide bonds. The van der Waals surface area contributed by atoms with Gasteiger partial charge in [0.15, 0.2) is 11.6 Å². The highest BCUT2D eigenvalue weighted by molar-refractivity contribution is 5.59. The molecule has 1 saturated carbocycles. The first-order valence-corrected chi connectivity index (χ1v) is 5.96. The van der Waals surface area contributed by atoms with Crippen molar-refractivity contribution < 1.29 is 19.2 Å². The molecule has 1 aliphatic rings. The zero-order chi connectivity index (χ0) is 14.0. The molecule has 2 rings (SSSR count). The molecule has 19 heavy (non-hydrogen) atoms. The molecule has 7 heteroatoms. The van der Waals surface area contributed by atoms with Crippen LogP contribution in [0.25, 0.3) is 0 Å². The number of nitrogens with zero attached hydrogens (tertiary/aromatic N) is 1. The molecule has 1 unspecified atom stereocenters. The molecule has 1 aromatic carbocycles. The molecule has 0 heterocycles. The van der Waals surface area contributed by atoms with Crippen LogP contribution in [0.4, 0.5) is 15.8 Å². The summed E-state index contributed by atoms with van der Waals surface area (Å²) in [5.41, 5.74) is -0.338. The van der Waals surface area contributed by atoms with E-state index in [1.165, 1.54) is 13.2 Å². The lowest BCUT2D eigenvalue weighted by Crippen LogP contribution is -2.21. The quantitative estimate of drug-likeness (QED) is 0.609. The Balaban J connectivity index is 2.13. The Labute approximate surface area is 109 Å². The van der Waals surface area contributed by atoms with Crippen LogP contribution < -0.4 is 10.1 Å². The van der Waals surface area contributed by atoms with Crippen LogP contribution in [0.3, 0.4) is 0 Å². The molecule has 2 N–H and O–H groups in total. The Morgan fingerprint density at radius 3 is 2.84 bits per heavy atom. The minimum atomic E-state index is -0.740. The van der Waals surface area contributed by atoms with Crippen LogP contribution >= 0.6 is 0 Å². The molecule has 0 aromatic heterocycles. The predicted octanol–water partition coefficient (Wildman–Crippen LogP) is 1.93. The maximum atomic E-state index is 13.7. The number of nitrogens with one attached hydrogen (secondary N) is 1. The fourth-order valence-electron chi connectivity index (χ4n) is 1.85. The number of aliphatic hydroxyl groups is 1. The van der Waals surface area contributed by atoms with E-state index in [0.717, 1.165) is 18.9 Å². The molecule has 1 atom stereocenters. The number of anilines is 1. The predicted molar refractivity (Wildman–Crippen MR) is 66.8 cm³/mol. The summed E-state index contributed by atoms with van der Waals surface area (Å²) >= 11 is 0. The van der Waals surface area contributed by atoms with Gasteiger partial charge in [0.05, 0.1) is 29.9 Å². The van der Waals surface area contributed by atoms with Crippen LogP contribution in [0.1, 0.15) is 12.8 Å². The van der Waals surface area contributed by atoms with Gasteiger partial charge in [0.2, 0.25) is 0 Å². The first-order valence-electron chi connectivity index (χ1n) is 5.96. The van der Waals surface area contributed by atoms with Crippen molar-refractivity contribution >= 4 is 11.4 Å². The SMILES string of the molecule is COc1cc(NCC(O)C2CC2)c(F)cc1[N+](=O)[O-]. The minimum absolute atomic E-state index is 0.0187. The van der Waals surface area contributed by atoms with Crippen molar-refractivity contribution in [2.45, 2.75) is 18.9 Å². The van der Waals surface area contributed by atoms with E-state index in [2.05, 4.69) is 5.32 Å². The summed E-state index contributed by atoms with van der Waals surface area (Å²) < 4.78 is 18.5. The van der Waals surface area contributed by atoms with Crippen molar-refractivity contribution in [2.24, 2.45) is 5.92 Å². The lowest BCUT2D eigenvalue weighted by atomic mass is 10.2. The van der Waals surface area contributed by atoms with E-state index in [9.17, 15) is 19.6 Å². The largest absolute Gasteiger partial charge is 0.490 e. The van der Waals surface area contributed by atoms with Crippen molar-refractivity contribution in [1.29, 1.82) is 0 Å². The number of benzene rings is 1. The molecule has 0 saturated heterocycles. The van der Waals surface area contributed by atoms with Gasteiger partial charge in [0.25, 0.3) is 0 Å². The molecule has 0 radical (unpaired) electrons. The smallest absolute Gasteiger partial charge is 0.313 e. The molecule has 6 nitrogen and oxygen atoms in total. The summed E-state index contributed by atoms with van der Waals surface area (Å²) in [6, 6.07) is 2.04. The summed E-state index contributed by atoms with van der Waals surface area (Å²) in [4.78, 5) is 10.0. The van der Waals surface area contributed by atoms with Gasteiger partial charge in [-0.15, -0.1) is 0 Å². The second-order valence-corrected chi connectivity index (χ2v) is 4.55. The number of ether oxygens (including phenoxy) is 1. The number of aliphatic hydroxyl groups excluding tert-OH is 1. The Morgan fingerprint density at radius 1 is 1.63 bits per heavy atom. The number of nitro benzene ring substituents is 1. The number of rotatable bonds is 6. The van der Waals surface area contributed by atoms with Crippen LogP contribution in [0.5, 0.6) is 5.75 Å². The van der Waals surface area contributed by atoms with Crippen LogP contribution in [-0.4, -0.2) is 29.8 Å². The number of halogens is 1. The highest BCUT2D eigenvalue weighted by Gasteiger charge is 2.29. The van der Waals surface area contributed by atoms with Crippen molar-refractivity contribution in [3.63, 3.8) is 0 Å². The van der Waals surface area contributed by atoms with Crippen molar-refractivity contribution in [2.75, 3.05) is 19.0 Å². The monoisotopic (exact) mass is 270 g/mol. The van der Waals surface area contributed by atoms with E-state index in [4.69, 9.17) is 4.74 Å². The number of methoxy groups -OCH3 is 1. The van der Waals surface area contributed by atoms with E-state index >= 15 is 0 Å². The number of hydrogen-bond donors (Lipinski definition) is 2. The van der Waals surface area contributed by atoms with Gasteiger partial charge in [-0.3, -0.25) is 10.1 Å². The second kappa shape index (κ2) is 5.40. The van der Waals surface area contributed by atoms with E-state index in [-0.39, 0.29) is 23.9 Å². The highest BCUT2D eigenvalue weighted by Crippen LogP contribution is 2.34. The number of hydrogen-bond acceptors (Lipinski definition) is 5. The molecule has 1 aromatic rings. The molecule has 0 spiro atoms. The Bertz CT molecular complexity index is 491. The summed E-state index contributed by atoms with van der Waals surface area (Å²) in [7, 11) is 1.28. The van der Waals surface area contributed by atoms with E-state index < -0.39 is 22.5 Å². The van der Waals surface area contributed by atoms with Gasteiger partial charge in [0.1, 0.15) is 0 Å². The molecular formula is C12H15FN2O4. The Hall–Kier alpha value is -1.89. The molecule has 104 valence electrons. The molecular weight excluding hydrogens is 255 g/mol. The third-order valence-corrected chi connectivity index (χ3v) is 3.13. The van der Waals surface area contributed by atoms with E-state index in [1.54, 1.807) is 0 Å². The summed E-state index contributed by atoms with van der Waals surface area (Å²) in [5.74, 6) is -0.485. The van der Waals surface area contributed by atoms with E-state index in [1.807, 2.05) is 0 Å². The van der Waals surface area contributed by atoms with Crippen LogP contribution in [0, 0.1) is 21.8 Å². The fraction of sp³-hybridized carbons (Fsp3) is 0.500. The van der Waals surface area contributed by atoms with E-state index in [0.29, 0.717) is 0 Å². The third-order valence-electron chi connectivity index (χ3n) is 3.13. The van der Waals surface area contributed by atoms with Gasteiger partial charge in [-0.2, -0.15) is 0 Å². The zero-order valence-corrected chi connectivity index (χ0v) is 10.4. The lowest BCUT2D eigenvalue weighted by Gasteiger charge is -2.13. The van der Waals surface area contributed by atoms with Crippen molar-refractivity contribution in [3.05, 3.63) is 28.1 Å². The zero-order valence-electron chi connectivity index (χ0n) is 10.4. The van der Waals surface area contributed by atoms with Gasteiger partial charge in [-0.05, 0) is 18.8 Å². The normalized spacial score (nSPS) is 15.9. The first kappa shape index (κ1) is 13.5. The highest BCUT2D eigenvalue weighted by atomic mass is 19.1. The van der Waals surface area contributed by atoms with Gasteiger partial charge in [-0.25, -0.2) is 4.39 Å². The Kier molecular flexibility index (Phi) is 3.84. The van der Waals surface area contributed by atoms with Crippen LogP contribution in [-0.2, 0) is 0 Å². The van der Waals surface area contributed by atoms with Crippen molar-refractivity contribution in [1.82, 2.24) is 0 Å². The maximum absolute atomic E-state index is 13.7.